The van der Waals surface area contributed by atoms with Gasteiger partial charge in [-0.1, -0.05) is 19.3 Å². The van der Waals surface area contributed by atoms with Crippen LogP contribution < -0.4 is 0 Å². The quantitative estimate of drug-likeness (QED) is 0.804. The summed E-state index contributed by atoms with van der Waals surface area (Å²) in [5.41, 5.74) is 0. The number of aliphatic hydroxyl groups is 1. The van der Waals surface area contributed by atoms with E-state index in [9.17, 15) is 4.79 Å². The monoisotopic (exact) mass is 241 g/mol. The normalized spacial score (nSPS) is 26.4. The standard InChI is InChI=1S/C13H23NO3/c15-9-11-6-7-14(8-11)13(16)10-17-12-4-2-1-3-5-12/h11-12,15H,1-10H2. The Bertz CT molecular complexity index is 251. The van der Waals surface area contributed by atoms with Gasteiger partial charge in [-0.2, -0.15) is 0 Å². The lowest BCUT2D eigenvalue weighted by Crippen LogP contribution is -2.34. The molecular formula is C13H23NO3. The van der Waals surface area contributed by atoms with E-state index < -0.39 is 0 Å². The molecule has 1 N–H and O–H groups in total. The highest BCUT2D eigenvalue weighted by Gasteiger charge is 2.26. The third-order valence-electron chi connectivity index (χ3n) is 3.89. The Hall–Kier alpha value is -0.610. The Labute approximate surface area is 103 Å². The van der Waals surface area contributed by atoms with Gasteiger partial charge in [0.2, 0.25) is 5.91 Å². The smallest absolute Gasteiger partial charge is 0.248 e. The van der Waals surface area contributed by atoms with Gasteiger partial charge in [-0.3, -0.25) is 4.79 Å². The molecule has 1 amide bonds. The molecule has 2 fully saturated rings. The molecule has 17 heavy (non-hydrogen) atoms. The lowest BCUT2D eigenvalue weighted by Gasteiger charge is -2.23. The first-order chi connectivity index (χ1) is 8.29. The average Bonchev–Trinajstić information content (AvgIpc) is 2.86. The van der Waals surface area contributed by atoms with E-state index in [1.54, 1.807) is 0 Å². The molecule has 0 bridgehead atoms. The van der Waals surface area contributed by atoms with Gasteiger partial charge in [-0.15, -0.1) is 0 Å². The summed E-state index contributed by atoms with van der Waals surface area (Å²) >= 11 is 0. The molecule has 0 aromatic heterocycles. The summed E-state index contributed by atoms with van der Waals surface area (Å²) in [4.78, 5) is 13.7. The summed E-state index contributed by atoms with van der Waals surface area (Å²) in [5.74, 6) is 0.361. The molecule has 1 atom stereocenters. The van der Waals surface area contributed by atoms with Crippen LogP contribution in [0.1, 0.15) is 38.5 Å². The van der Waals surface area contributed by atoms with E-state index >= 15 is 0 Å². The molecule has 1 heterocycles. The van der Waals surface area contributed by atoms with Gasteiger partial charge >= 0.3 is 0 Å². The molecule has 4 heteroatoms. The van der Waals surface area contributed by atoms with E-state index in [1.807, 2.05) is 4.90 Å². The average molecular weight is 241 g/mol. The number of carbonyl (C=O) groups excluding carboxylic acids is 1. The van der Waals surface area contributed by atoms with Gasteiger partial charge in [0.05, 0.1) is 6.10 Å². The Kier molecular flexibility index (Phi) is 4.80. The summed E-state index contributed by atoms with van der Waals surface area (Å²) in [5, 5.41) is 9.03. The zero-order chi connectivity index (χ0) is 12.1. The number of likely N-dealkylation sites (tertiary alicyclic amines) is 1. The van der Waals surface area contributed by atoms with Crippen LogP contribution in [-0.4, -0.2) is 48.3 Å². The van der Waals surface area contributed by atoms with Crippen molar-refractivity contribution in [3.8, 4) is 0 Å². The molecule has 0 aromatic carbocycles. The van der Waals surface area contributed by atoms with Crippen LogP contribution in [0.25, 0.3) is 0 Å². The second kappa shape index (κ2) is 6.36. The molecule has 1 unspecified atom stereocenters. The molecule has 1 saturated carbocycles. The van der Waals surface area contributed by atoms with Gasteiger partial charge in [0.1, 0.15) is 6.61 Å². The molecule has 2 rings (SSSR count). The number of rotatable bonds is 4. The summed E-state index contributed by atoms with van der Waals surface area (Å²) in [7, 11) is 0. The summed E-state index contributed by atoms with van der Waals surface area (Å²) in [6, 6.07) is 0. The number of carbonyl (C=O) groups is 1. The van der Waals surface area contributed by atoms with Crippen molar-refractivity contribution >= 4 is 5.91 Å². The van der Waals surface area contributed by atoms with Gasteiger partial charge in [0, 0.05) is 25.6 Å². The summed E-state index contributed by atoms with van der Waals surface area (Å²) in [6.45, 7) is 1.89. The molecule has 1 aliphatic heterocycles. The van der Waals surface area contributed by atoms with Crippen molar-refractivity contribution in [2.45, 2.75) is 44.6 Å². The highest BCUT2D eigenvalue weighted by Crippen LogP contribution is 2.21. The van der Waals surface area contributed by atoms with Crippen molar-refractivity contribution in [3.05, 3.63) is 0 Å². The van der Waals surface area contributed by atoms with Crippen LogP contribution in [0, 0.1) is 5.92 Å². The second-order valence-corrected chi connectivity index (χ2v) is 5.25. The number of nitrogens with zero attached hydrogens (tertiary/aromatic N) is 1. The summed E-state index contributed by atoms with van der Waals surface area (Å²) in [6.07, 6.45) is 7.19. The first kappa shape index (κ1) is 12.8. The van der Waals surface area contributed by atoms with Crippen molar-refractivity contribution in [3.63, 3.8) is 0 Å². The molecule has 0 aromatic rings. The van der Waals surface area contributed by atoms with Gasteiger partial charge in [-0.25, -0.2) is 0 Å². The van der Waals surface area contributed by atoms with Crippen molar-refractivity contribution in [2.24, 2.45) is 5.92 Å². The fourth-order valence-electron chi connectivity index (χ4n) is 2.72. The van der Waals surface area contributed by atoms with Crippen LogP contribution >= 0.6 is 0 Å². The van der Waals surface area contributed by atoms with Gasteiger partial charge in [0.25, 0.3) is 0 Å². The highest BCUT2D eigenvalue weighted by atomic mass is 16.5. The maximum absolute atomic E-state index is 11.9. The topological polar surface area (TPSA) is 49.8 Å². The fraction of sp³-hybridized carbons (Fsp3) is 0.923. The van der Waals surface area contributed by atoms with Crippen molar-refractivity contribution in [1.82, 2.24) is 4.90 Å². The largest absolute Gasteiger partial charge is 0.396 e. The predicted molar refractivity (Wildman–Crippen MR) is 64.6 cm³/mol. The van der Waals surface area contributed by atoms with E-state index in [4.69, 9.17) is 9.84 Å². The maximum atomic E-state index is 11.9. The van der Waals surface area contributed by atoms with Crippen LogP contribution in [0.2, 0.25) is 0 Å². The number of amides is 1. The lowest BCUT2D eigenvalue weighted by atomic mass is 9.98. The Morgan fingerprint density at radius 2 is 2.00 bits per heavy atom. The molecule has 1 saturated heterocycles. The van der Waals surface area contributed by atoms with Crippen LogP contribution in [0.5, 0.6) is 0 Å². The number of hydrogen-bond acceptors (Lipinski definition) is 3. The predicted octanol–water partition coefficient (Wildman–Crippen LogP) is 1.18. The van der Waals surface area contributed by atoms with E-state index in [0.29, 0.717) is 12.6 Å². The SMILES string of the molecule is O=C(COC1CCCCC1)N1CCC(CO)C1. The lowest BCUT2D eigenvalue weighted by molar-refractivity contribution is -0.137. The second-order valence-electron chi connectivity index (χ2n) is 5.25. The fourth-order valence-corrected chi connectivity index (χ4v) is 2.72. The molecule has 2 aliphatic rings. The molecule has 1 aliphatic carbocycles. The first-order valence-electron chi connectivity index (χ1n) is 6.80. The molecule has 4 nitrogen and oxygen atoms in total. The van der Waals surface area contributed by atoms with Crippen LogP contribution in [0.15, 0.2) is 0 Å². The van der Waals surface area contributed by atoms with Gasteiger partial charge in [-0.05, 0) is 19.3 Å². The Morgan fingerprint density at radius 1 is 1.24 bits per heavy atom. The number of aliphatic hydroxyl groups excluding tert-OH is 1. The molecule has 0 spiro atoms. The van der Waals surface area contributed by atoms with Gasteiger partial charge < -0.3 is 14.7 Å². The van der Waals surface area contributed by atoms with Gasteiger partial charge in [0.15, 0.2) is 0 Å². The van der Waals surface area contributed by atoms with Crippen LogP contribution in [0.3, 0.4) is 0 Å². The van der Waals surface area contributed by atoms with E-state index in [-0.39, 0.29) is 25.0 Å². The van der Waals surface area contributed by atoms with E-state index in [2.05, 4.69) is 0 Å². The third-order valence-corrected chi connectivity index (χ3v) is 3.89. The highest BCUT2D eigenvalue weighted by molar-refractivity contribution is 5.77. The zero-order valence-corrected chi connectivity index (χ0v) is 10.4. The Balaban J connectivity index is 1.66. The minimum absolute atomic E-state index is 0.0894. The number of ether oxygens (including phenoxy) is 1. The maximum Gasteiger partial charge on any atom is 0.248 e. The molecule has 0 radical (unpaired) electrons. The molecule has 98 valence electrons. The first-order valence-corrected chi connectivity index (χ1v) is 6.80. The Morgan fingerprint density at radius 3 is 2.65 bits per heavy atom. The zero-order valence-electron chi connectivity index (χ0n) is 10.4. The summed E-state index contributed by atoms with van der Waals surface area (Å²) < 4.78 is 5.67. The minimum atomic E-state index is 0.0894. The van der Waals surface area contributed by atoms with E-state index in [1.165, 1.54) is 19.3 Å². The van der Waals surface area contributed by atoms with Crippen LogP contribution in [0.4, 0.5) is 0 Å². The van der Waals surface area contributed by atoms with Crippen molar-refractivity contribution < 1.29 is 14.6 Å². The minimum Gasteiger partial charge on any atom is -0.396 e. The third kappa shape index (κ3) is 3.68. The van der Waals surface area contributed by atoms with Crippen LogP contribution in [-0.2, 0) is 9.53 Å². The van der Waals surface area contributed by atoms with Crippen molar-refractivity contribution in [2.75, 3.05) is 26.3 Å². The van der Waals surface area contributed by atoms with Crippen molar-refractivity contribution in [1.29, 1.82) is 0 Å². The molecular weight excluding hydrogens is 218 g/mol. The number of hydrogen-bond donors (Lipinski definition) is 1. The van der Waals surface area contributed by atoms with E-state index in [0.717, 1.165) is 25.8 Å².